The van der Waals surface area contributed by atoms with Crippen LogP contribution in [0.15, 0.2) is 30.3 Å². The molecule has 2 N–H and O–H groups in total. The summed E-state index contributed by atoms with van der Waals surface area (Å²) < 4.78 is 0. The molecule has 2 aliphatic rings. The van der Waals surface area contributed by atoms with Gasteiger partial charge in [0.05, 0.1) is 0 Å². The van der Waals surface area contributed by atoms with Gasteiger partial charge >= 0.3 is 0 Å². The molecule has 0 radical (unpaired) electrons. The Bertz CT molecular complexity index is 512. The molecule has 24 heavy (non-hydrogen) atoms. The number of carbonyl (C=O) groups excluding carboxylic acids is 1. The molecule has 1 aromatic rings. The number of hydrogen-bond donors (Lipinski definition) is 1. The molecule has 1 aliphatic carbocycles. The number of likely N-dealkylation sites (tertiary alicyclic amines) is 1. The summed E-state index contributed by atoms with van der Waals surface area (Å²) in [6.45, 7) is 3.90. The summed E-state index contributed by atoms with van der Waals surface area (Å²) in [4.78, 5) is 14.7. The van der Waals surface area contributed by atoms with Crippen LogP contribution in [0, 0.1) is 11.8 Å². The first-order valence-electron chi connectivity index (χ1n) is 9.71. The third kappa shape index (κ3) is 4.38. The van der Waals surface area contributed by atoms with Crippen molar-refractivity contribution < 1.29 is 4.79 Å². The van der Waals surface area contributed by atoms with Gasteiger partial charge in [0.2, 0.25) is 5.91 Å². The molecule has 2 fully saturated rings. The maximum Gasteiger partial charge on any atom is 0.222 e. The topological polar surface area (TPSA) is 46.3 Å². The Morgan fingerprint density at radius 3 is 2.29 bits per heavy atom. The van der Waals surface area contributed by atoms with Gasteiger partial charge < -0.3 is 10.6 Å². The first kappa shape index (κ1) is 17.5. The molecule has 3 rings (SSSR count). The van der Waals surface area contributed by atoms with Gasteiger partial charge in [-0.2, -0.15) is 0 Å². The summed E-state index contributed by atoms with van der Waals surface area (Å²) in [5, 5.41) is 0. The third-order valence-corrected chi connectivity index (χ3v) is 6.22. The first-order chi connectivity index (χ1) is 11.6. The largest absolute Gasteiger partial charge is 0.343 e. The van der Waals surface area contributed by atoms with Gasteiger partial charge in [-0.1, -0.05) is 30.3 Å². The summed E-state index contributed by atoms with van der Waals surface area (Å²) in [5.74, 6) is 2.25. The summed E-state index contributed by atoms with van der Waals surface area (Å²) in [6, 6.07) is 11.1. The van der Waals surface area contributed by atoms with E-state index in [0.29, 0.717) is 23.7 Å². The van der Waals surface area contributed by atoms with Crippen molar-refractivity contribution in [3.63, 3.8) is 0 Å². The normalized spacial score (nSPS) is 27.0. The molecule has 0 aromatic heterocycles. The lowest BCUT2D eigenvalue weighted by Gasteiger charge is -2.35. The zero-order valence-corrected chi connectivity index (χ0v) is 15.0. The van der Waals surface area contributed by atoms with Gasteiger partial charge in [-0.15, -0.1) is 0 Å². The van der Waals surface area contributed by atoms with Crippen molar-refractivity contribution >= 4 is 5.91 Å². The Morgan fingerprint density at radius 2 is 1.71 bits per heavy atom. The number of nitrogens with two attached hydrogens (primary N) is 1. The molecular weight excluding hydrogens is 296 g/mol. The van der Waals surface area contributed by atoms with Gasteiger partial charge in [-0.05, 0) is 68.8 Å². The lowest BCUT2D eigenvalue weighted by atomic mass is 9.77. The predicted octanol–water partition coefficient (Wildman–Crippen LogP) is 3.94. The van der Waals surface area contributed by atoms with E-state index in [2.05, 4.69) is 42.2 Å². The number of hydrogen-bond acceptors (Lipinski definition) is 2. The zero-order valence-electron chi connectivity index (χ0n) is 15.0. The minimum atomic E-state index is 0.260. The van der Waals surface area contributed by atoms with Crippen LogP contribution >= 0.6 is 0 Å². The average Bonchev–Trinajstić information content (AvgIpc) is 2.63. The lowest BCUT2D eigenvalue weighted by Crippen LogP contribution is -2.43. The van der Waals surface area contributed by atoms with E-state index < -0.39 is 0 Å². The van der Waals surface area contributed by atoms with Crippen LogP contribution in [0.4, 0.5) is 0 Å². The van der Waals surface area contributed by atoms with Crippen LogP contribution in [-0.4, -0.2) is 29.9 Å². The highest BCUT2D eigenvalue weighted by Crippen LogP contribution is 2.37. The van der Waals surface area contributed by atoms with Gasteiger partial charge in [-0.3, -0.25) is 4.79 Å². The number of carbonyl (C=O) groups is 1. The van der Waals surface area contributed by atoms with Crippen molar-refractivity contribution in [1.82, 2.24) is 4.90 Å². The second-order valence-electron chi connectivity index (χ2n) is 7.91. The maximum absolute atomic E-state index is 12.6. The van der Waals surface area contributed by atoms with E-state index in [1.807, 2.05) is 0 Å². The SMILES string of the molecule is CC(N)C1CCN(C(=O)CC2CCC(c3ccccc3)CC2)CC1. The number of nitrogens with zero attached hydrogens (tertiary/aromatic N) is 1. The molecule has 1 atom stereocenters. The Balaban J connectivity index is 1.42. The van der Waals surface area contributed by atoms with E-state index in [9.17, 15) is 4.79 Å². The molecule has 1 saturated heterocycles. The average molecular weight is 329 g/mol. The minimum absolute atomic E-state index is 0.260. The van der Waals surface area contributed by atoms with Crippen molar-refractivity contribution in [2.75, 3.05) is 13.1 Å². The first-order valence-corrected chi connectivity index (χ1v) is 9.71. The standard InChI is InChI=1S/C21H32N2O/c1-16(22)18-11-13-23(14-12-18)21(24)15-17-7-9-20(10-8-17)19-5-3-2-4-6-19/h2-6,16-18,20H,7-15,22H2,1H3. The number of amides is 1. The second kappa shape index (κ2) is 8.15. The van der Waals surface area contributed by atoms with Gasteiger partial charge in [0, 0.05) is 25.6 Å². The van der Waals surface area contributed by atoms with E-state index in [1.165, 1.54) is 31.2 Å². The summed E-state index contributed by atoms with van der Waals surface area (Å²) in [7, 11) is 0. The molecule has 1 aromatic carbocycles. The molecule has 3 nitrogen and oxygen atoms in total. The molecule has 1 aliphatic heterocycles. The third-order valence-electron chi connectivity index (χ3n) is 6.22. The maximum atomic E-state index is 12.6. The fourth-order valence-electron chi connectivity index (χ4n) is 4.48. The van der Waals surface area contributed by atoms with E-state index in [0.717, 1.165) is 32.4 Å². The molecule has 0 spiro atoms. The number of piperidine rings is 1. The number of benzene rings is 1. The second-order valence-corrected chi connectivity index (χ2v) is 7.91. The fraction of sp³-hybridized carbons (Fsp3) is 0.667. The quantitative estimate of drug-likeness (QED) is 0.910. The monoisotopic (exact) mass is 328 g/mol. The van der Waals surface area contributed by atoms with Crippen molar-refractivity contribution in [2.24, 2.45) is 17.6 Å². The minimum Gasteiger partial charge on any atom is -0.343 e. The van der Waals surface area contributed by atoms with Crippen LogP contribution < -0.4 is 5.73 Å². The van der Waals surface area contributed by atoms with Gasteiger partial charge in [-0.25, -0.2) is 0 Å². The molecule has 1 unspecified atom stereocenters. The van der Waals surface area contributed by atoms with Crippen molar-refractivity contribution in [1.29, 1.82) is 0 Å². The van der Waals surface area contributed by atoms with Crippen LogP contribution in [0.3, 0.4) is 0 Å². The molecule has 0 bridgehead atoms. The van der Waals surface area contributed by atoms with Crippen LogP contribution in [0.25, 0.3) is 0 Å². The predicted molar refractivity (Wildman–Crippen MR) is 98.7 cm³/mol. The Morgan fingerprint density at radius 1 is 1.08 bits per heavy atom. The molecule has 1 heterocycles. The van der Waals surface area contributed by atoms with E-state index in [1.54, 1.807) is 0 Å². The molecule has 1 amide bonds. The van der Waals surface area contributed by atoms with Gasteiger partial charge in [0.1, 0.15) is 0 Å². The zero-order chi connectivity index (χ0) is 16.9. The van der Waals surface area contributed by atoms with Crippen LogP contribution in [0.5, 0.6) is 0 Å². The molecule has 1 saturated carbocycles. The molecule has 132 valence electrons. The molecule has 3 heteroatoms. The Labute approximate surface area is 146 Å². The van der Waals surface area contributed by atoms with Crippen LogP contribution in [-0.2, 0) is 4.79 Å². The van der Waals surface area contributed by atoms with E-state index in [4.69, 9.17) is 5.73 Å². The molecular formula is C21H32N2O. The number of rotatable bonds is 4. The highest BCUT2D eigenvalue weighted by atomic mass is 16.2. The summed E-state index contributed by atoms with van der Waals surface area (Å²) in [5.41, 5.74) is 7.47. The smallest absolute Gasteiger partial charge is 0.222 e. The van der Waals surface area contributed by atoms with Gasteiger partial charge in [0.25, 0.3) is 0 Å². The van der Waals surface area contributed by atoms with Gasteiger partial charge in [0.15, 0.2) is 0 Å². The lowest BCUT2D eigenvalue weighted by molar-refractivity contribution is -0.134. The highest BCUT2D eigenvalue weighted by molar-refractivity contribution is 5.76. The Hall–Kier alpha value is -1.35. The highest BCUT2D eigenvalue weighted by Gasteiger charge is 2.28. The van der Waals surface area contributed by atoms with Crippen LogP contribution in [0.2, 0.25) is 0 Å². The van der Waals surface area contributed by atoms with Crippen molar-refractivity contribution in [2.45, 2.75) is 63.8 Å². The fourth-order valence-corrected chi connectivity index (χ4v) is 4.48. The van der Waals surface area contributed by atoms with E-state index in [-0.39, 0.29) is 6.04 Å². The van der Waals surface area contributed by atoms with E-state index >= 15 is 0 Å². The Kier molecular flexibility index (Phi) is 5.94. The van der Waals surface area contributed by atoms with Crippen LogP contribution in [0.1, 0.15) is 63.4 Å². The van der Waals surface area contributed by atoms with Crippen molar-refractivity contribution in [3.8, 4) is 0 Å². The van der Waals surface area contributed by atoms with Crippen molar-refractivity contribution in [3.05, 3.63) is 35.9 Å². The summed E-state index contributed by atoms with van der Waals surface area (Å²) in [6.07, 6.45) is 7.76. The summed E-state index contributed by atoms with van der Waals surface area (Å²) >= 11 is 0.